The highest BCUT2D eigenvalue weighted by atomic mass is 127. The van der Waals surface area contributed by atoms with E-state index in [1.807, 2.05) is 28.7 Å². The van der Waals surface area contributed by atoms with E-state index in [1.54, 1.807) is 30.3 Å². The number of alkyl halides is 1. The van der Waals surface area contributed by atoms with E-state index in [9.17, 15) is 9.59 Å². The van der Waals surface area contributed by atoms with E-state index >= 15 is 0 Å². The summed E-state index contributed by atoms with van der Waals surface area (Å²) in [5, 5.41) is 3.41. The van der Waals surface area contributed by atoms with Crippen molar-refractivity contribution in [1.29, 1.82) is 0 Å². The highest BCUT2D eigenvalue weighted by molar-refractivity contribution is 14.1. The van der Waals surface area contributed by atoms with Crippen LogP contribution in [0.25, 0.3) is 11.0 Å². The topological polar surface area (TPSA) is 87.0 Å². The van der Waals surface area contributed by atoms with Crippen molar-refractivity contribution in [3.8, 4) is 17.2 Å². The molecule has 0 saturated heterocycles. The van der Waals surface area contributed by atoms with E-state index in [1.165, 1.54) is 21.3 Å². The summed E-state index contributed by atoms with van der Waals surface area (Å²) >= 11 is 1.95. The maximum atomic E-state index is 13.2. The number of nitrogens with one attached hydrogen (secondary N) is 1. The Kier molecular flexibility index (Phi) is 6.08. The summed E-state index contributed by atoms with van der Waals surface area (Å²) in [6.45, 7) is 0. The number of furan rings is 1. The second-order valence-corrected chi connectivity index (χ2v) is 6.49. The third-order valence-corrected chi connectivity index (χ3v) is 4.81. The molecule has 0 bridgehead atoms. The van der Waals surface area contributed by atoms with Crippen LogP contribution in [-0.4, -0.2) is 37.4 Å². The molecular weight excluding hydrogens is 477 g/mol. The van der Waals surface area contributed by atoms with Gasteiger partial charge in [-0.25, -0.2) is 0 Å². The fourth-order valence-electron chi connectivity index (χ4n) is 2.85. The van der Waals surface area contributed by atoms with Crippen molar-refractivity contribution in [2.45, 2.75) is 0 Å². The molecule has 0 atom stereocenters. The first-order valence-corrected chi connectivity index (χ1v) is 9.78. The van der Waals surface area contributed by atoms with Crippen LogP contribution in [0.15, 0.2) is 40.8 Å². The van der Waals surface area contributed by atoms with Gasteiger partial charge in [0.1, 0.15) is 5.58 Å². The molecule has 0 aliphatic rings. The number of ether oxygens (including phenoxy) is 3. The number of fused-ring (bicyclic) bond motifs is 1. The molecule has 0 saturated carbocycles. The molecular formula is C20H18INO6. The van der Waals surface area contributed by atoms with Gasteiger partial charge in [-0.3, -0.25) is 9.59 Å². The van der Waals surface area contributed by atoms with Crippen molar-refractivity contribution in [3.05, 3.63) is 47.7 Å². The van der Waals surface area contributed by atoms with Gasteiger partial charge in [0.15, 0.2) is 17.3 Å². The standard InChI is InChI=1S/C20H18INO6/c1-25-14-8-11(9-15(26-2)19(14)27-3)18(24)20-17(22-16(23)10-21)12-6-4-5-7-13(12)28-20/h4-9H,10H2,1-3H3,(H,22,23). The maximum absolute atomic E-state index is 13.2. The molecule has 0 unspecified atom stereocenters. The largest absolute Gasteiger partial charge is 0.493 e. The number of hydrogen-bond donors (Lipinski definition) is 1. The zero-order valence-corrected chi connectivity index (χ0v) is 17.7. The van der Waals surface area contributed by atoms with E-state index in [4.69, 9.17) is 18.6 Å². The van der Waals surface area contributed by atoms with Crippen molar-refractivity contribution in [2.75, 3.05) is 31.1 Å². The Morgan fingerprint density at radius 1 is 1.04 bits per heavy atom. The minimum Gasteiger partial charge on any atom is -0.493 e. The van der Waals surface area contributed by atoms with Crippen LogP contribution in [0.5, 0.6) is 17.2 Å². The van der Waals surface area contributed by atoms with Crippen LogP contribution in [0, 0.1) is 0 Å². The lowest BCUT2D eigenvalue weighted by molar-refractivity contribution is -0.113. The van der Waals surface area contributed by atoms with Gasteiger partial charge in [-0.1, -0.05) is 34.7 Å². The van der Waals surface area contributed by atoms with Gasteiger partial charge in [0, 0.05) is 10.9 Å². The number of ketones is 1. The Morgan fingerprint density at radius 2 is 1.68 bits per heavy atom. The molecule has 8 heteroatoms. The first kappa shape index (κ1) is 20.0. The Hall–Kier alpha value is -2.75. The van der Waals surface area contributed by atoms with Crippen molar-refractivity contribution in [3.63, 3.8) is 0 Å². The van der Waals surface area contributed by atoms with E-state index in [-0.39, 0.29) is 21.7 Å². The van der Waals surface area contributed by atoms with E-state index in [2.05, 4.69) is 5.32 Å². The third-order valence-electron chi connectivity index (χ3n) is 4.11. The number of para-hydroxylation sites is 1. The predicted molar refractivity (Wildman–Crippen MR) is 113 cm³/mol. The Bertz CT molecular complexity index is 1020. The summed E-state index contributed by atoms with van der Waals surface area (Å²) in [4.78, 5) is 25.2. The molecule has 3 aromatic rings. The van der Waals surface area contributed by atoms with E-state index < -0.39 is 5.78 Å². The Balaban J connectivity index is 2.16. The molecule has 1 aromatic heterocycles. The van der Waals surface area contributed by atoms with Gasteiger partial charge in [0.2, 0.25) is 17.4 Å². The van der Waals surface area contributed by atoms with Crippen molar-refractivity contribution < 1.29 is 28.2 Å². The zero-order valence-electron chi connectivity index (χ0n) is 15.5. The second-order valence-electron chi connectivity index (χ2n) is 5.73. The maximum Gasteiger partial charge on any atom is 0.234 e. The Labute approximate surface area is 175 Å². The Morgan fingerprint density at radius 3 is 2.25 bits per heavy atom. The van der Waals surface area contributed by atoms with Gasteiger partial charge in [-0.2, -0.15) is 0 Å². The fraction of sp³-hybridized carbons (Fsp3) is 0.200. The molecule has 0 aliphatic heterocycles. The molecule has 7 nitrogen and oxygen atoms in total. The molecule has 1 amide bonds. The average Bonchev–Trinajstić information content (AvgIpc) is 3.10. The predicted octanol–water partition coefficient (Wildman–Crippen LogP) is 4.06. The summed E-state index contributed by atoms with van der Waals surface area (Å²) in [5.41, 5.74) is 1.12. The number of halogens is 1. The summed E-state index contributed by atoms with van der Waals surface area (Å²) in [6, 6.07) is 10.2. The first-order chi connectivity index (χ1) is 13.5. The van der Waals surface area contributed by atoms with Crippen LogP contribution in [-0.2, 0) is 4.79 Å². The third kappa shape index (κ3) is 3.64. The van der Waals surface area contributed by atoms with Crippen molar-refractivity contribution in [1.82, 2.24) is 0 Å². The minimum absolute atomic E-state index is 0.0358. The number of hydrogen-bond acceptors (Lipinski definition) is 6. The minimum atomic E-state index is -0.417. The summed E-state index contributed by atoms with van der Waals surface area (Å²) < 4.78 is 22.0. The highest BCUT2D eigenvalue weighted by Gasteiger charge is 2.25. The number of methoxy groups -OCH3 is 3. The van der Waals surface area contributed by atoms with Gasteiger partial charge in [0.25, 0.3) is 0 Å². The summed E-state index contributed by atoms with van der Waals surface area (Å²) in [5.74, 6) is 0.460. The molecule has 3 rings (SSSR count). The quantitative estimate of drug-likeness (QED) is 0.302. The zero-order chi connectivity index (χ0) is 20.3. The van der Waals surface area contributed by atoms with Crippen molar-refractivity contribution >= 4 is 50.9 Å². The number of rotatable bonds is 7. The molecule has 0 fully saturated rings. The number of amides is 1. The van der Waals surface area contributed by atoms with Crippen LogP contribution in [0.2, 0.25) is 0 Å². The molecule has 0 aliphatic carbocycles. The SMILES string of the molecule is COc1cc(C(=O)c2oc3ccccc3c2NC(=O)CI)cc(OC)c1OC. The normalized spacial score (nSPS) is 10.6. The summed E-state index contributed by atoms with van der Waals surface area (Å²) in [7, 11) is 4.43. The summed E-state index contributed by atoms with van der Waals surface area (Å²) in [6.07, 6.45) is 0. The molecule has 0 radical (unpaired) electrons. The van der Waals surface area contributed by atoms with E-state index in [0.29, 0.717) is 33.9 Å². The monoisotopic (exact) mass is 495 g/mol. The lowest BCUT2D eigenvalue weighted by Gasteiger charge is -2.13. The molecule has 146 valence electrons. The number of anilines is 1. The number of benzene rings is 2. The highest BCUT2D eigenvalue weighted by Crippen LogP contribution is 2.40. The van der Waals surface area contributed by atoms with Crippen LogP contribution < -0.4 is 19.5 Å². The molecule has 2 aromatic carbocycles. The smallest absolute Gasteiger partial charge is 0.234 e. The van der Waals surface area contributed by atoms with E-state index in [0.717, 1.165) is 0 Å². The second kappa shape index (κ2) is 8.51. The lowest BCUT2D eigenvalue weighted by Crippen LogP contribution is -2.14. The average molecular weight is 495 g/mol. The van der Waals surface area contributed by atoms with Gasteiger partial charge in [0.05, 0.1) is 31.4 Å². The lowest BCUT2D eigenvalue weighted by atomic mass is 10.1. The van der Waals surface area contributed by atoms with Crippen LogP contribution in [0.1, 0.15) is 16.1 Å². The molecule has 28 heavy (non-hydrogen) atoms. The van der Waals surface area contributed by atoms with Crippen LogP contribution in [0.3, 0.4) is 0 Å². The number of carbonyl (C=O) groups excluding carboxylic acids is 2. The van der Waals surface area contributed by atoms with Gasteiger partial charge in [-0.05, 0) is 24.3 Å². The fourth-order valence-corrected chi connectivity index (χ4v) is 3.04. The molecule has 0 spiro atoms. The van der Waals surface area contributed by atoms with Gasteiger partial charge in [-0.15, -0.1) is 0 Å². The van der Waals surface area contributed by atoms with Crippen LogP contribution >= 0.6 is 22.6 Å². The van der Waals surface area contributed by atoms with Gasteiger partial charge < -0.3 is 23.9 Å². The van der Waals surface area contributed by atoms with Gasteiger partial charge >= 0.3 is 0 Å². The molecule has 1 heterocycles. The van der Waals surface area contributed by atoms with Crippen molar-refractivity contribution in [2.24, 2.45) is 0 Å². The molecule has 1 N–H and O–H groups in total. The van der Waals surface area contributed by atoms with Crippen LogP contribution in [0.4, 0.5) is 5.69 Å². The first-order valence-electron chi connectivity index (χ1n) is 8.26. The number of carbonyl (C=O) groups is 2.